The second-order valence-corrected chi connectivity index (χ2v) is 3.79. The Morgan fingerprint density at radius 3 is 2.33 bits per heavy atom. The third kappa shape index (κ3) is 3.65. The molecule has 0 heterocycles. The lowest BCUT2D eigenvalue weighted by molar-refractivity contribution is 0.118. The van der Waals surface area contributed by atoms with Crippen LogP contribution in [-0.4, -0.2) is 29.2 Å². The van der Waals surface area contributed by atoms with Crippen LogP contribution in [0.2, 0.25) is 0 Å². The van der Waals surface area contributed by atoms with Crippen molar-refractivity contribution in [1.29, 1.82) is 0 Å². The minimum absolute atomic E-state index is 0.247. The second-order valence-electron chi connectivity index (χ2n) is 3.79. The Morgan fingerprint density at radius 2 is 1.87 bits per heavy atom. The minimum Gasteiger partial charge on any atom is -0.395 e. The summed E-state index contributed by atoms with van der Waals surface area (Å²) < 4.78 is 0. The zero-order valence-corrected chi connectivity index (χ0v) is 9.69. The van der Waals surface area contributed by atoms with Crippen molar-refractivity contribution in [3.63, 3.8) is 0 Å². The number of hydrogen-bond acceptors (Lipinski definition) is 2. The normalized spacial score (nSPS) is 13.1. The van der Waals surface area contributed by atoms with Crippen LogP contribution in [-0.2, 0) is 6.54 Å². The lowest BCUT2D eigenvalue weighted by Crippen LogP contribution is -2.36. The van der Waals surface area contributed by atoms with Gasteiger partial charge in [-0.05, 0) is 18.5 Å². The molecule has 1 N–H and O–H groups in total. The summed E-state index contributed by atoms with van der Waals surface area (Å²) in [7, 11) is 0. The van der Waals surface area contributed by atoms with E-state index in [1.807, 2.05) is 6.07 Å². The molecule has 1 rings (SSSR count). The number of likely N-dealkylation sites (N-methyl/N-ethyl adjacent to an activating group) is 1. The molecule has 0 fully saturated rings. The van der Waals surface area contributed by atoms with Crippen molar-refractivity contribution >= 4 is 0 Å². The number of aliphatic hydroxyl groups excluding tert-OH is 1. The van der Waals surface area contributed by atoms with Crippen LogP contribution in [0.5, 0.6) is 0 Å². The van der Waals surface area contributed by atoms with Gasteiger partial charge in [0.1, 0.15) is 0 Å². The average molecular weight is 207 g/mol. The standard InChI is InChI=1S/C13H21NO/c1-3-13(11-15)14(4-2)10-12-8-6-5-7-9-12/h5-9,13,15H,3-4,10-11H2,1-2H3/t13-/m0/s1. The van der Waals surface area contributed by atoms with E-state index in [0.29, 0.717) is 0 Å². The second kappa shape index (κ2) is 6.59. The first-order valence-corrected chi connectivity index (χ1v) is 5.70. The van der Waals surface area contributed by atoms with Crippen LogP contribution in [0, 0.1) is 0 Å². The summed E-state index contributed by atoms with van der Waals surface area (Å²) in [4.78, 5) is 2.31. The molecular formula is C13H21NO. The van der Waals surface area contributed by atoms with E-state index in [0.717, 1.165) is 19.5 Å². The van der Waals surface area contributed by atoms with Gasteiger partial charge in [0.25, 0.3) is 0 Å². The molecule has 1 aromatic carbocycles. The highest BCUT2D eigenvalue weighted by molar-refractivity contribution is 5.14. The molecule has 0 spiro atoms. The van der Waals surface area contributed by atoms with Gasteiger partial charge in [0, 0.05) is 12.6 Å². The monoisotopic (exact) mass is 207 g/mol. The van der Waals surface area contributed by atoms with E-state index in [1.165, 1.54) is 5.56 Å². The Morgan fingerprint density at radius 1 is 1.20 bits per heavy atom. The van der Waals surface area contributed by atoms with Crippen LogP contribution in [0.3, 0.4) is 0 Å². The summed E-state index contributed by atoms with van der Waals surface area (Å²) >= 11 is 0. The molecule has 0 unspecified atom stereocenters. The first-order valence-electron chi connectivity index (χ1n) is 5.70. The number of aliphatic hydroxyl groups is 1. The van der Waals surface area contributed by atoms with E-state index < -0.39 is 0 Å². The molecule has 0 saturated heterocycles. The first-order chi connectivity index (χ1) is 7.31. The molecule has 0 radical (unpaired) electrons. The molecule has 84 valence electrons. The molecule has 0 aliphatic carbocycles. The van der Waals surface area contributed by atoms with Crippen molar-refractivity contribution in [2.24, 2.45) is 0 Å². The molecule has 2 nitrogen and oxygen atoms in total. The van der Waals surface area contributed by atoms with Crippen molar-refractivity contribution < 1.29 is 5.11 Å². The fraction of sp³-hybridized carbons (Fsp3) is 0.538. The Labute approximate surface area is 92.5 Å². The largest absolute Gasteiger partial charge is 0.395 e. The van der Waals surface area contributed by atoms with E-state index in [4.69, 9.17) is 0 Å². The predicted molar refractivity (Wildman–Crippen MR) is 63.7 cm³/mol. The predicted octanol–water partition coefficient (Wildman–Crippen LogP) is 2.28. The van der Waals surface area contributed by atoms with E-state index in [2.05, 4.69) is 43.0 Å². The van der Waals surface area contributed by atoms with Crippen molar-refractivity contribution in [2.75, 3.05) is 13.2 Å². The van der Waals surface area contributed by atoms with Gasteiger partial charge in [-0.15, -0.1) is 0 Å². The smallest absolute Gasteiger partial charge is 0.0586 e. The fourth-order valence-electron chi connectivity index (χ4n) is 1.82. The maximum Gasteiger partial charge on any atom is 0.0586 e. The van der Waals surface area contributed by atoms with Gasteiger partial charge < -0.3 is 5.11 Å². The van der Waals surface area contributed by atoms with Crippen LogP contribution in [0.1, 0.15) is 25.8 Å². The van der Waals surface area contributed by atoms with Crippen molar-refractivity contribution in [2.45, 2.75) is 32.9 Å². The quantitative estimate of drug-likeness (QED) is 0.773. The van der Waals surface area contributed by atoms with Gasteiger partial charge in [0.2, 0.25) is 0 Å². The molecule has 2 heteroatoms. The summed E-state index contributed by atoms with van der Waals surface area (Å²) in [5.41, 5.74) is 1.31. The van der Waals surface area contributed by atoms with E-state index in [1.54, 1.807) is 0 Å². The first kappa shape index (κ1) is 12.2. The molecule has 1 aromatic rings. The highest BCUT2D eigenvalue weighted by Gasteiger charge is 2.13. The summed E-state index contributed by atoms with van der Waals surface area (Å²) in [6.07, 6.45) is 0.997. The van der Waals surface area contributed by atoms with Crippen molar-refractivity contribution in [1.82, 2.24) is 4.90 Å². The highest BCUT2D eigenvalue weighted by atomic mass is 16.3. The van der Waals surface area contributed by atoms with Gasteiger partial charge in [0.05, 0.1) is 6.61 Å². The Hall–Kier alpha value is -0.860. The van der Waals surface area contributed by atoms with Crippen LogP contribution < -0.4 is 0 Å². The van der Waals surface area contributed by atoms with Gasteiger partial charge in [-0.1, -0.05) is 44.2 Å². The van der Waals surface area contributed by atoms with Crippen LogP contribution in [0.25, 0.3) is 0 Å². The molecule has 15 heavy (non-hydrogen) atoms. The summed E-state index contributed by atoms with van der Waals surface area (Å²) in [5, 5.41) is 9.26. The number of benzene rings is 1. The average Bonchev–Trinajstić information content (AvgIpc) is 2.30. The summed E-state index contributed by atoms with van der Waals surface area (Å²) in [6.45, 7) is 6.41. The van der Waals surface area contributed by atoms with Crippen LogP contribution in [0.15, 0.2) is 30.3 Å². The summed E-state index contributed by atoms with van der Waals surface area (Å²) in [5.74, 6) is 0. The van der Waals surface area contributed by atoms with Crippen LogP contribution >= 0.6 is 0 Å². The molecule has 0 amide bonds. The zero-order chi connectivity index (χ0) is 11.1. The zero-order valence-electron chi connectivity index (χ0n) is 9.69. The van der Waals surface area contributed by atoms with Gasteiger partial charge >= 0.3 is 0 Å². The van der Waals surface area contributed by atoms with E-state index >= 15 is 0 Å². The Bertz CT molecular complexity index is 256. The Balaban J connectivity index is 2.61. The molecule has 0 saturated carbocycles. The molecule has 1 atom stereocenters. The van der Waals surface area contributed by atoms with E-state index in [9.17, 15) is 5.11 Å². The van der Waals surface area contributed by atoms with Crippen molar-refractivity contribution in [3.8, 4) is 0 Å². The lowest BCUT2D eigenvalue weighted by Gasteiger charge is -2.28. The molecular weight excluding hydrogens is 186 g/mol. The molecule has 0 aliphatic heterocycles. The van der Waals surface area contributed by atoms with Gasteiger partial charge in [0.15, 0.2) is 0 Å². The van der Waals surface area contributed by atoms with Crippen molar-refractivity contribution in [3.05, 3.63) is 35.9 Å². The number of hydrogen-bond donors (Lipinski definition) is 1. The third-order valence-corrected chi connectivity index (χ3v) is 2.83. The lowest BCUT2D eigenvalue weighted by atomic mass is 10.1. The fourth-order valence-corrected chi connectivity index (χ4v) is 1.82. The maximum absolute atomic E-state index is 9.26. The van der Waals surface area contributed by atoms with E-state index in [-0.39, 0.29) is 12.6 Å². The number of rotatable bonds is 6. The van der Waals surface area contributed by atoms with Gasteiger partial charge in [-0.25, -0.2) is 0 Å². The highest BCUT2D eigenvalue weighted by Crippen LogP contribution is 2.09. The van der Waals surface area contributed by atoms with Gasteiger partial charge in [-0.2, -0.15) is 0 Å². The maximum atomic E-state index is 9.26. The van der Waals surface area contributed by atoms with Gasteiger partial charge in [-0.3, -0.25) is 4.90 Å². The minimum atomic E-state index is 0.247. The van der Waals surface area contributed by atoms with Crippen LogP contribution in [0.4, 0.5) is 0 Å². The molecule has 0 bridgehead atoms. The molecule has 0 aliphatic rings. The SMILES string of the molecule is CC[C@@H](CO)N(CC)Cc1ccccc1. The molecule has 0 aromatic heterocycles. The third-order valence-electron chi connectivity index (χ3n) is 2.83. The number of nitrogens with zero attached hydrogens (tertiary/aromatic N) is 1. The topological polar surface area (TPSA) is 23.5 Å². The summed E-state index contributed by atoms with van der Waals surface area (Å²) in [6, 6.07) is 10.7. The Kier molecular flexibility index (Phi) is 5.37.